The summed E-state index contributed by atoms with van der Waals surface area (Å²) in [6, 6.07) is 0. The van der Waals surface area contributed by atoms with E-state index in [1.165, 1.54) is 0 Å². The highest BCUT2D eigenvalue weighted by Crippen LogP contribution is 2.24. The summed E-state index contributed by atoms with van der Waals surface area (Å²) in [5, 5.41) is 0. The molecule has 0 saturated carbocycles. The van der Waals surface area contributed by atoms with Gasteiger partial charge < -0.3 is 18.3 Å². The molecule has 18 heavy (non-hydrogen) atoms. The topological polar surface area (TPSA) is 36.9 Å². The van der Waals surface area contributed by atoms with Crippen molar-refractivity contribution in [1.82, 2.24) is 0 Å². The zero-order chi connectivity index (χ0) is 13.9. The van der Waals surface area contributed by atoms with Crippen LogP contribution in [0.1, 0.15) is 53.9 Å². The van der Waals surface area contributed by atoms with Crippen molar-refractivity contribution in [2.45, 2.75) is 59.3 Å². The average Bonchev–Trinajstić information content (AvgIpc) is 2.38. The maximum Gasteiger partial charge on any atom is 0.383 e. The highest BCUT2D eigenvalue weighted by molar-refractivity contribution is 6.47. The first-order chi connectivity index (χ1) is 8.70. The van der Waals surface area contributed by atoms with E-state index in [-0.39, 0.29) is 0 Å². The Kier molecular flexibility index (Phi) is 11.0. The number of ether oxygens (including phenoxy) is 2. The Bertz CT molecular complexity index is 176. The molecule has 5 heteroatoms. The van der Waals surface area contributed by atoms with Gasteiger partial charge in [0, 0.05) is 32.8 Å². The fourth-order valence-corrected chi connectivity index (χ4v) is 4.23. The zero-order valence-corrected chi connectivity index (χ0v) is 13.8. The standard InChI is InChI=1S/C13H30O4Si/c1-6-11-16-18(17-12-7-2)13(8-3,14-9-4)15-10-5/h18H,6-12H2,1-5H3. The Morgan fingerprint density at radius 1 is 0.778 bits per heavy atom. The summed E-state index contributed by atoms with van der Waals surface area (Å²) in [6.45, 7) is 12.9. The SMILES string of the molecule is CCCO[SiH](OCCC)C(CC)(OCC)OCC. The molecule has 0 atom stereocenters. The molecule has 0 unspecified atom stereocenters. The molecule has 0 radical (unpaired) electrons. The van der Waals surface area contributed by atoms with E-state index in [2.05, 4.69) is 20.8 Å². The zero-order valence-electron chi connectivity index (χ0n) is 12.7. The maximum atomic E-state index is 5.92. The van der Waals surface area contributed by atoms with Gasteiger partial charge in [0.1, 0.15) is 0 Å². The van der Waals surface area contributed by atoms with Crippen LogP contribution in [0.5, 0.6) is 0 Å². The van der Waals surface area contributed by atoms with E-state index < -0.39 is 14.7 Å². The summed E-state index contributed by atoms with van der Waals surface area (Å²) in [5.41, 5.74) is -0.645. The Morgan fingerprint density at radius 2 is 1.22 bits per heavy atom. The second-order valence-electron chi connectivity index (χ2n) is 4.10. The highest BCUT2D eigenvalue weighted by Gasteiger charge is 2.44. The fraction of sp³-hybridized carbons (Fsp3) is 1.00. The number of rotatable bonds is 12. The summed E-state index contributed by atoms with van der Waals surface area (Å²) >= 11 is 0. The fourth-order valence-electron chi connectivity index (χ4n) is 1.79. The van der Waals surface area contributed by atoms with Gasteiger partial charge in [-0.1, -0.05) is 20.8 Å². The lowest BCUT2D eigenvalue weighted by atomic mass is 10.4. The van der Waals surface area contributed by atoms with Crippen LogP contribution in [0, 0.1) is 0 Å². The summed E-state index contributed by atoms with van der Waals surface area (Å²) < 4.78 is 23.6. The van der Waals surface area contributed by atoms with Crippen LogP contribution >= 0.6 is 0 Å². The predicted octanol–water partition coefficient (Wildman–Crippen LogP) is 2.78. The lowest BCUT2D eigenvalue weighted by Crippen LogP contribution is -2.54. The Morgan fingerprint density at radius 3 is 1.50 bits per heavy atom. The van der Waals surface area contributed by atoms with Crippen molar-refractivity contribution in [3.63, 3.8) is 0 Å². The van der Waals surface area contributed by atoms with Crippen molar-refractivity contribution in [2.75, 3.05) is 26.4 Å². The highest BCUT2D eigenvalue weighted by atomic mass is 28.3. The molecule has 0 aromatic carbocycles. The molecular weight excluding hydrogens is 248 g/mol. The smallest absolute Gasteiger partial charge is 0.383 e. The second-order valence-corrected chi connectivity index (χ2v) is 6.32. The summed E-state index contributed by atoms with van der Waals surface area (Å²) in [6.07, 6.45) is 2.73. The molecule has 0 aromatic heterocycles. The van der Waals surface area contributed by atoms with Crippen molar-refractivity contribution in [3.8, 4) is 0 Å². The van der Waals surface area contributed by atoms with E-state index in [1.54, 1.807) is 0 Å². The summed E-state index contributed by atoms with van der Waals surface area (Å²) in [7, 11) is -2.00. The quantitative estimate of drug-likeness (QED) is 0.406. The minimum Gasteiger partial charge on any atom is -0.394 e. The van der Waals surface area contributed by atoms with Gasteiger partial charge in [0.2, 0.25) is 5.41 Å². The first kappa shape index (κ1) is 18.1. The molecule has 0 heterocycles. The van der Waals surface area contributed by atoms with Gasteiger partial charge in [-0.15, -0.1) is 0 Å². The monoisotopic (exact) mass is 278 g/mol. The molecule has 0 amide bonds. The van der Waals surface area contributed by atoms with Gasteiger partial charge in [0.15, 0.2) is 0 Å². The van der Waals surface area contributed by atoms with Crippen LogP contribution < -0.4 is 0 Å². The van der Waals surface area contributed by atoms with Gasteiger partial charge in [0.05, 0.1) is 0 Å². The van der Waals surface area contributed by atoms with E-state index in [1.807, 2.05) is 13.8 Å². The van der Waals surface area contributed by atoms with E-state index in [0.29, 0.717) is 26.4 Å². The first-order valence-corrected chi connectivity index (χ1v) is 8.73. The van der Waals surface area contributed by atoms with Crippen LogP contribution in [0.15, 0.2) is 0 Å². The number of hydrogen-bond donors (Lipinski definition) is 0. The molecular formula is C13H30O4Si. The molecule has 0 rings (SSSR count). The van der Waals surface area contributed by atoms with Crippen molar-refractivity contribution in [1.29, 1.82) is 0 Å². The van der Waals surface area contributed by atoms with Gasteiger partial charge in [-0.2, -0.15) is 0 Å². The van der Waals surface area contributed by atoms with Crippen LogP contribution in [0.3, 0.4) is 0 Å². The maximum absolute atomic E-state index is 5.92. The Balaban J connectivity index is 4.77. The van der Waals surface area contributed by atoms with Gasteiger partial charge in [-0.05, 0) is 26.7 Å². The van der Waals surface area contributed by atoms with Gasteiger partial charge in [-0.25, -0.2) is 0 Å². The van der Waals surface area contributed by atoms with E-state index in [9.17, 15) is 0 Å². The van der Waals surface area contributed by atoms with Crippen LogP contribution in [0.25, 0.3) is 0 Å². The lowest BCUT2D eigenvalue weighted by molar-refractivity contribution is -0.198. The molecule has 4 nitrogen and oxygen atoms in total. The molecule has 0 N–H and O–H groups in total. The van der Waals surface area contributed by atoms with Crippen molar-refractivity contribution in [3.05, 3.63) is 0 Å². The minimum absolute atomic E-state index is 0.613. The van der Waals surface area contributed by atoms with E-state index in [4.69, 9.17) is 18.3 Å². The molecule has 0 fully saturated rings. The minimum atomic E-state index is -2.00. The third-order valence-corrected chi connectivity index (χ3v) is 5.11. The summed E-state index contributed by atoms with van der Waals surface area (Å²) in [5.74, 6) is 0. The third kappa shape index (κ3) is 5.80. The van der Waals surface area contributed by atoms with Crippen LogP contribution in [-0.4, -0.2) is 41.1 Å². The molecule has 0 aliphatic heterocycles. The normalized spacial score (nSPS) is 12.3. The Hall–Kier alpha value is 0.0569. The van der Waals surface area contributed by atoms with Crippen LogP contribution in [0.2, 0.25) is 0 Å². The average molecular weight is 278 g/mol. The van der Waals surface area contributed by atoms with Gasteiger partial charge in [-0.3, -0.25) is 0 Å². The molecule has 0 saturated heterocycles. The van der Waals surface area contributed by atoms with Crippen molar-refractivity contribution in [2.24, 2.45) is 0 Å². The van der Waals surface area contributed by atoms with Gasteiger partial charge in [0.25, 0.3) is 0 Å². The van der Waals surface area contributed by atoms with Crippen LogP contribution in [-0.2, 0) is 18.3 Å². The summed E-state index contributed by atoms with van der Waals surface area (Å²) in [4.78, 5) is 0. The first-order valence-electron chi connectivity index (χ1n) is 7.21. The van der Waals surface area contributed by atoms with Crippen LogP contribution in [0.4, 0.5) is 0 Å². The lowest BCUT2D eigenvalue weighted by Gasteiger charge is -2.37. The molecule has 0 aromatic rings. The molecule has 110 valence electrons. The second kappa shape index (κ2) is 10.9. The molecule has 0 aliphatic carbocycles. The predicted molar refractivity (Wildman–Crippen MR) is 75.9 cm³/mol. The largest absolute Gasteiger partial charge is 0.394 e. The third-order valence-electron chi connectivity index (χ3n) is 2.58. The molecule has 0 aliphatic rings. The Labute approximate surface area is 114 Å². The van der Waals surface area contributed by atoms with Crippen molar-refractivity contribution < 1.29 is 18.3 Å². The van der Waals surface area contributed by atoms with Gasteiger partial charge >= 0.3 is 9.28 Å². The molecule has 0 bridgehead atoms. The van der Waals surface area contributed by atoms with Crippen molar-refractivity contribution >= 4 is 9.28 Å². The van der Waals surface area contributed by atoms with E-state index >= 15 is 0 Å². The van der Waals surface area contributed by atoms with E-state index in [0.717, 1.165) is 19.3 Å². The molecule has 0 spiro atoms. The number of hydrogen-bond acceptors (Lipinski definition) is 4.